The summed E-state index contributed by atoms with van der Waals surface area (Å²) in [4.78, 5) is 16.1. The van der Waals surface area contributed by atoms with Gasteiger partial charge in [-0.15, -0.1) is 11.3 Å². The summed E-state index contributed by atoms with van der Waals surface area (Å²) in [5, 5.41) is 4.61. The number of para-hydroxylation sites is 1. The van der Waals surface area contributed by atoms with Gasteiger partial charge in [-0.2, -0.15) is 9.40 Å². The maximum Gasteiger partial charge on any atom is 0.272 e. The van der Waals surface area contributed by atoms with E-state index in [-0.39, 0.29) is 19.0 Å². The number of hydrogen-bond donors (Lipinski definition) is 0. The van der Waals surface area contributed by atoms with E-state index in [9.17, 15) is 13.2 Å². The van der Waals surface area contributed by atoms with Gasteiger partial charge in [0.1, 0.15) is 15.6 Å². The maximum atomic E-state index is 13.5. The number of carbonyl (C=O) groups excluding carboxylic acids is 1. The zero-order valence-electron chi connectivity index (χ0n) is 17.9. The lowest BCUT2D eigenvalue weighted by Crippen LogP contribution is -2.50. The van der Waals surface area contributed by atoms with Crippen molar-refractivity contribution in [2.24, 2.45) is 0 Å². The summed E-state index contributed by atoms with van der Waals surface area (Å²) in [7, 11) is -3.55. The standard InChI is InChI=1S/C23H22N4O4S2/c1-17-9-10-22(32-17)33(29,30)26-13-11-25(12-14-26)23(28)20-16-19(21-8-5-15-31-21)24-27(20)18-6-3-2-4-7-18/h2-10,15-16H,11-14H2,1H3. The second-order valence-corrected chi connectivity index (χ2v) is 11.2. The summed E-state index contributed by atoms with van der Waals surface area (Å²) in [6, 6.07) is 18.1. The van der Waals surface area contributed by atoms with E-state index in [0.717, 1.165) is 10.6 Å². The van der Waals surface area contributed by atoms with E-state index in [1.54, 1.807) is 46.2 Å². The summed E-state index contributed by atoms with van der Waals surface area (Å²) < 4.78 is 34.7. The number of aromatic nitrogens is 2. The molecule has 4 heterocycles. The number of furan rings is 1. The van der Waals surface area contributed by atoms with Crippen LogP contribution >= 0.6 is 11.3 Å². The predicted molar refractivity (Wildman–Crippen MR) is 125 cm³/mol. The summed E-state index contributed by atoms with van der Waals surface area (Å²) in [6.45, 7) is 2.98. The Bertz CT molecular complexity index is 1370. The molecular weight excluding hydrogens is 460 g/mol. The van der Waals surface area contributed by atoms with Crippen LogP contribution in [0.2, 0.25) is 0 Å². The Labute approximate surface area is 195 Å². The molecule has 1 aliphatic rings. The number of benzene rings is 1. The number of sulfonamides is 1. The van der Waals surface area contributed by atoms with Gasteiger partial charge in [0, 0.05) is 37.1 Å². The van der Waals surface area contributed by atoms with Gasteiger partial charge in [-0.1, -0.05) is 18.2 Å². The Morgan fingerprint density at radius 3 is 2.39 bits per heavy atom. The molecule has 0 unspecified atom stereocenters. The van der Waals surface area contributed by atoms with Crippen LogP contribution in [0.4, 0.5) is 0 Å². The maximum absolute atomic E-state index is 13.5. The topological polar surface area (TPSA) is 88.7 Å². The second kappa shape index (κ2) is 8.62. The van der Waals surface area contributed by atoms with E-state index in [0.29, 0.717) is 34.4 Å². The van der Waals surface area contributed by atoms with Gasteiger partial charge in [-0.25, -0.2) is 13.1 Å². The van der Waals surface area contributed by atoms with Gasteiger partial charge in [0.25, 0.3) is 15.9 Å². The van der Waals surface area contributed by atoms with Crippen LogP contribution in [0.3, 0.4) is 0 Å². The van der Waals surface area contributed by atoms with Gasteiger partial charge in [-0.3, -0.25) is 4.79 Å². The van der Waals surface area contributed by atoms with Gasteiger partial charge in [-0.05, 0) is 43.3 Å². The molecule has 3 aromatic heterocycles. The van der Waals surface area contributed by atoms with Gasteiger partial charge < -0.3 is 9.32 Å². The van der Waals surface area contributed by atoms with Gasteiger partial charge >= 0.3 is 0 Å². The SMILES string of the molecule is Cc1ccc(S(=O)(=O)N2CCN(C(=O)c3cc(-c4ccco4)nn3-c3ccccc3)CC2)s1. The molecule has 0 N–H and O–H groups in total. The Kier molecular flexibility index (Phi) is 5.65. The fourth-order valence-corrected chi connectivity index (χ4v) is 6.68. The van der Waals surface area contributed by atoms with Crippen molar-refractivity contribution in [3.8, 4) is 17.1 Å². The molecule has 170 valence electrons. The van der Waals surface area contributed by atoms with Crippen LogP contribution in [0.5, 0.6) is 0 Å². The van der Waals surface area contributed by atoms with Crippen LogP contribution in [-0.4, -0.2) is 59.5 Å². The first-order chi connectivity index (χ1) is 15.9. The summed E-state index contributed by atoms with van der Waals surface area (Å²) >= 11 is 1.26. The lowest BCUT2D eigenvalue weighted by Gasteiger charge is -2.33. The minimum Gasteiger partial charge on any atom is -0.463 e. The van der Waals surface area contributed by atoms with E-state index >= 15 is 0 Å². The summed E-state index contributed by atoms with van der Waals surface area (Å²) in [5.41, 5.74) is 1.72. The Morgan fingerprint density at radius 2 is 1.76 bits per heavy atom. The number of hydrogen-bond acceptors (Lipinski definition) is 6. The number of nitrogens with zero attached hydrogens (tertiary/aromatic N) is 4. The molecule has 0 radical (unpaired) electrons. The molecule has 0 spiro atoms. The molecule has 0 bridgehead atoms. The van der Waals surface area contributed by atoms with Crippen LogP contribution in [0, 0.1) is 6.92 Å². The van der Waals surface area contributed by atoms with E-state index in [1.165, 1.54) is 15.6 Å². The zero-order chi connectivity index (χ0) is 23.0. The van der Waals surface area contributed by atoms with Crippen LogP contribution in [0.1, 0.15) is 15.4 Å². The summed E-state index contributed by atoms with van der Waals surface area (Å²) in [5.74, 6) is 0.370. The third-order valence-corrected chi connectivity index (χ3v) is 8.91. The van der Waals surface area contributed by atoms with E-state index in [4.69, 9.17) is 4.42 Å². The highest BCUT2D eigenvalue weighted by atomic mass is 32.2. The van der Waals surface area contributed by atoms with Crippen molar-refractivity contribution in [1.82, 2.24) is 19.0 Å². The number of carbonyl (C=O) groups is 1. The molecule has 1 saturated heterocycles. The first-order valence-electron chi connectivity index (χ1n) is 10.5. The first-order valence-corrected chi connectivity index (χ1v) is 12.7. The quantitative estimate of drug-likeness (QED) is 0.433. The number of thiophene rings is 1. The highest BCUT2D eigenvalue weighted by Gasteiger charge is 2.32. The van der Waals surface area contributed by atoms with Crippen LogP contribution < -0.4 is 0 Å². The van der Waals surface area contributed by atoms with Crippen molar-refractivity contribution in [2.75, 3.05) is 26.2 Å². The molecule has 0 atom stereocenters. The van der Waals surface area contributed by atoms with Crippen molar-refractivity contribution in [3.05, 3.63) is 77.5 Å². The molecule has 1 aliphatic heterocycles. The Hall–Kier alpha value is -3.21. The van der Waals surface area contributed by atoms with Gasteiger partial charge in [0.2, 0.25) is 0 Å². The van der Waals surface area contributed by atoms with Crippen molar-refractivity contribution in [3.63, 3.8) is 0 Å². The van der Waals surface area contributed by atoms with Crippen LogP contribution in [0.15, 0.2) is 75.6 Å². The number of aryl methyl sites for hydroxylation is 1. The van der Waals surface area contributed by atoms with Gasteiger partial charge in [0.05, 0.1) is 12.0 Å². The highest BCUT2D eigenvalue weighted by Crippen LogP contribution is 2.27. The molecule has 10 heteroatoms. The molecule has 33 heavy (non-hydrogen) atoms. The molecular formula is C23H22N4O4S2. The fraction of sp³-hybridized carbons (Fsp3) is 0.217. The largest absolute Gasteiger partial charge is 0.463 e. The highest BCUT2D eigenvalue weighted by molar-refractivity contribution is 7.91. The third-order valence-electron chi connectivity index (χ3n) is 5.54. The second-order valence-electron chi connectivity index (χ2n) is 7.70. The molecule has 5 rings (SSSR count). The van der Waals surface area contributed by atoms with E-state index < -0.39 is 10.0 Å². The molecule has 1 aromatic carbocycles. The van der Waals surface area contributed by atoms with Gasteiger partial charge in [0.15, 0.2) is 5.76 Å². The molecule has 8 nitrogen and oxygen atoms in total. The molecule has 0 saturated carbocycles. The van der Waals surface area contributed by atoms with Crippen LogP contribution in [-0.2, 0) is 10.0 Å². The van der Waals surface area contributed by atoms with E-state index in [2.05, 4.69) is 5.10 Å². The lowest BCUT2D eigenvalue weighted by molar-refractivity contribution is 0.0689. The predicted octanol–water partition coefficient (Wildman–Crippen LogP) is 3.65. The molecule has 4 aromatic rings. The molecule has 1 fully saturated rings. The number of rotatable bonds is 5. The lowest BCUT2D eigenvalue weighted by atomic mass is 10.2. The zero-order valence-corrected chi connectivity index (χ0v) is 19.6. The summed E-state index contributed by atoms with van der Waals surface area (Å²) in [6.07, 6.45) is 1.56. The van der Waals surface area contributed by atoms with Crippen molar-refractivity contribution in [2.45, 2.75) is 11.1 Å². The fourth-order valence-electron chi connectivity index (χ4n) is 3.82. The van der Waals surface area contributed by atoms with Crippen molar-refractivity contribution >= 4 is 27.3 Å². The Morgan fingerprint density at radius 1 is 1.00 bits per heavy atom. The normalized spacial score (nSPS) is 15.1. The minimum absolute atomic E-state index is 0.201. The smallest absolute Gasteiger partial charge is 0.272 e. The van der Waals surface area contributed by atoms with Crippen molar-refractivity contribution in [1.29, 1.82) is 0 Å². The number of amides is 1. The van der Waals surface area contributed by atoms with E-state index in [1.807, 2.05) is 37.3 Å². The Balaban J connectivity index is 1.39. The minimum atomic E-state index is -3.55. The van der Waals surface area contributed by atoms with Crippen molar-refractivity contribution < 1.29 is 17.6 Å². The average Bonchev–Trinajstić information content (AvgIpc) is 3.60. The monoisotopic (exact) mass is 482 g/mol. The molecule has 0 aliphatic carbocycles. The molecule has 1 amide bonds. The first kappa shape index (κ1) is 21.6. The third kappa shape index (κ3) is 4.12. The average molecular weight is 483 g/mol. The van der Waals surface area contributed by atoms with Crippen LogP contribution in [0.25, 0.3) is 17.1 Å². The number of piperazine rings is 1.